The maximum atomic E-state index is 13.3. The van der Waals surface area contributed by atoms with Gasteiger partial charge < -0.3 is 23.8 Å². The standard InChI is InChI=1S/C43H53NO6S2/c1-44-22-21-43-28-37(45)39(48-3)27-35(43)36(44)26-33-18-19-38(47-2)42(41(33)43)50-24-23-49-40(46)17-11-10-16-34(52-30-32-14-8-5-9-15-32)20-25-51-29-31-12-6-4-7-13-31/h4-9,12-15,18-19,27,34-36H,10-11,16-17,20-26,28-30H2,1-3H3/t34?,35?,36-,43+/m0/s1. The Morgan fingerprint density at radius 3 is 2.40 bits per heavy atom. The van der Waals surface area contributed by atoms with Crippen LogP contribution in [-0.2, 0) is 42.4 Å². The molecular weight excluding hydrogens is 691 g/mol. The number of ketones is 1. The van der Waals surface area contributed by atoms with E-state index in [9.17, 15) is 9.59 Å². The lowest BCUT2D eigenvalue weighted by Gasteiger charge is -2.56. The summed E-state index contributed by atoms with van der Waals surface area (Å²) in [5, 5.41) is 0.551. The van der Waals surface area contributed by atoms with E-state index in [1.165, 1.54) is 16.7 Å². The predicted molar refractivity (Wildman–Crippen MR) is 211 cm³/mol. The van der Waals surface area contributed by atoms with Crippen LogP contribution in [0.5, 0.6) is 11.5 Å². The number of hydrogen-bond donors (Lipinski definition) is 0. The summed E-state index contributed by atoms with van der Waals surface area (Å²) in [5.74, 6) is 4.91. The van der Waals surface area contributed by atoms with Crippen molar-refractivity contribution in [2.24, 2.45) is 5.92 Å². The molecule has 1 aliphatic heterocycles. The number of piperidine rings is 1. The highest BCUT2D eigenvalue weighted by molar-refractivity contribution is 7.99. The zero-order valence-electron chi connectivity index (χ0n) is 30.9. The van der Waals surface area contributed by atoms with Gasteiger partial charge in [0.1, 0.15) is 13.2 Å². The highest BCUT2D eigenvalue weighted by atomic mass is 32.2. The summed E-state index contributed by atoms with van der Waals surface area (Å²) in [7, 11) is 5.39. The fourth-order valence-corrected chi connectivity index (χ4v) is 10.7. The summed E-state index contributed by atoms with van der Waals surface area (Å²) in [6.07, 6.45) is 8.57. The summed E-state index contributed by atoms with van der Waals surface area (Å²) in [5.41, 5.74) is 4.61. The molecule has 52 heavy (non-hydrogen) atoms. The van der Waals surface area contributed by atoms with Crippen LogP contribution in [0.15, 0.2) is 84.6 Å². The van der Waals surface area contributed by atoms with E-state index in [1.807, 2.05) is 29.6 Å². The fourth-order valence-electron chi connectivity index (χ4n) is 8.24. The normalized spacial score (nSPS) is 21.4. The van der Waals surface area contributed by atoms with Crippen molar-refractivity contribution in [3.05, 3.63) is 107 Å². The van der Waals surface area contributed by atoms with Crippen molar-refractivity contribution in [3.63, 3.8) is 0 Å². The third-order valence-corrected chi connectivity index (χ3v) is 13.5. The number of ether oxygens (including phenoxy) is 4. The Morgan fingerprint density at radius 1 is 0.923 bits per heavy atom. The second kappa shape index (κ2) is 18.6. The molecule has 0 aromatic heterocycles. The number of carbonyl (C=O) groups is 2. The van der Waals surface area contributed by atoms with Gasteiger partial charge in [0.25, 0.3) is 0 Å². The number of esters is 1. The Bertz CT molecular complexity index is 1670. The number of rotatable bonds is 19. The van der Waals surface area contributed by atoms with Crippen molar-refractivity contribution >= 4 is 35.3 Å². The van der Waals surface area contributed by atoms with Gasteiger partial charge in [0.2, 0.25) is 0 Å². The van der Waals surface area contributed by atoms with Crippen LogP contribution < -0.4 is 9.47 Å². The van der Waals surface area contributed by atoms with Crippen molar-refractivity contribution < 1.29 is 28.5 Å². The van der Waals surface area contributed by atoms with Crippen molar-refractivity contribution in [1.29, 1.82) is 0 Å². The molecule has 3 aliphatic rings. The molecule has 0 radical (unpaired) electrons. The maximum Gasteiger partial charge on any atom is 0.305 e. The SMILES string of the molecule is COC1=CC2[C@@H]3Cc4ccc(OC)c(OCCOC(=O)CCCCC(CCSCc5ccccc5)SCc5ccccc5)c4[C@]2(CCN3C)CC1=O. The lowest BCUT2D eigenvalue weighted by molar-refractivity contribution is -0.144. The van der Waals surface area contributed by atoms with E-state index in [4.69, 9.17) is 18.9 Å². The molecule has 2 unspecified atom stereocenters. The quantitative estimate of drug-likeness (QED) is 0.0889. The average molecular weight is 744 g/mol. The summed E-state index contributed by atoms with van der Waals surface area (Å²) in [6, 6.07) is 25.7. The van der Waals surface area contributed by atoms with Gasteiger partial charge in [0, 0.05) is 52.5 Å². The summed E-state index contributed by atoms with van der Waals surface area (Å²) < 4.78 is 23.4. The Labute approximate surface area is 318 Å². The van der Waals surface area contributed by atoms with Crippen molar-refractivity contribution in [1.82, 2.24) is 4.90 Å². The van der Waals surface area contributed by atoms with E-state index in [1.54, 1.807) is 14.2 Å². The van der Waals surface area contributed by atoms with Gasteiger partial charge in [-0.25, -0.2) is 0 Å². The molecule has 278 valence electrons. The summed E-state index contributed by atoms with van der Waals surface area (Å²) >= 11 is 4.03. The van der Waals surface area contributed by atoms with E-state index in [-0.39, 0.29) is 42.3 Å². The third kappa shape index (κ3) is 9.20. The molecule has 0 spiro atoms. The van der Waals surface area contributed by atoms with Gasteiger partial charge in [0.15, 0.2) is 23.0 Å². The topological polar surface area (TPSA) is 74.3 Å². The number of thioether (sulfide) groups is 2. The molecule has 0 saturated carbocycles. The van der Waals surface area contributed by atoms with E-state index in [2.05, 4.69) is 84.8 Å². The zero-order valence-corrected chi connectivity index (χ0v) is 32.5. The number of nitrogens with zero attached hydrogens (tertiary/aromatic N) is 1. The number of likely N-dealkylation sites (N-methyl/N-ethyl adjacent to an activating group) is 1. The van der Waals surface area contributed by atoms with Crippen molar-refractivity contribution in [3.8, 4) is 11.5 Å². The first-order chi connectivity index (χ1) is 25.4. The van der Waals surface area contributed by atoms with Crippen LogP contribution in [0.3, 0.4) is 0 Å². The molecule has 6 rings (SSSR count). The number of allylic oxidation sites excluding steroid dienone is 1. The molecule has 1 fully saturated rings. The van der Waals surface area contributed by atoms with Gasteiger partial charge in [-0.3, -0.25) is 9.59 Å². The smallest absolute Gasteiger partial charge is 0.305 e. The van der Waals surface area contributed by atoms with Crippen LogP contribution >= 0.6 is 23.5 Å². The van der Waals surface area contributed by atoms with Crippen LogP contribution in [0, 0.1) is 5.92 Å². The van der Waals surface area contributed by atoms with Crippen LogP contribution in [0.2, 0.25) is 0 Å². The average Bonchev–Trinajstić information content (AvgIpc) is 3.17. The summed E-state index contributed by atoms with van der Waals surface area (Å²) in [6.45, 7) is 1.28. The first kappa shape index (κ1) is 38.3. The Balaban J connectivity index is 0.992. The Hall–Kier alpha value is -3.40. The number of likely N-dealkylation sites (tertiary alicyclic amines) is 1. The molecule has 1 heterocycles. The number of benzene rings is 3. The molecule has 1 saturated heterocycles. The van der Waals surface area contributed by atoms with Crippen LogP contribution in [0.4, 0.5) is 0 Å². The minimum Gasteiger partial charge on any atom is -0.493 e. The van der Waals surface area contributed by atoms with Crippen molar-refractivity contribution in [2.45, 2.75) is 79.6 Å². The minimum atomic E-state index is -0.387. The number of fused-ring (bicyclic) bond motifs is 1. The lowest BCUT2D eigenvalue weighted by Crippen LogP contribution is -2.60. The van der Waals surface area contributed by atoms with Gasteiger partial charge in [-0.1, -0.05) is 73.2 Å². The number of unbranched alkanes of at least 4 members (excludes halogenated alkanes) is 1. The third-order valence-electron chi connectivity index (χ3n) is 11.0. The second-order valence-corrected chi connectivity index (χ2v) is 16.6. The number of methoxy groups -OCH3 is 2. The van der Waals surface area contributed by atoms with Crippen LogP contribution in [0.1, 0.15) is 67.2 Å². The van der Waals surface area contributed by atoms with E-state index < -0.39 is 0 Å². The molecule has 7 nitrogen and oxygen atoms in total. The Kier molecular flexibility index (Phi) is 13.7. The highest BCUT2D eigenvalue weighted by Crippen LogP contribution is 2.58. The molecule has 2 aliphatic carbocycles. The van der Waals surface area contributed by atoms with E-state index >= 15 is 0 Å². The molecule has 4 atom stereocenters. The molecule has 9 heteroatoms. The maximum absolute atomic E-state index is 13.3. The first-order valence-electron chi connectivity index (χ1n) is 18.7. The second-order valence-electron chi connectivity index (χ2n) is 14.2. The highest BCUT2D eigenvalue weighted by Gasteiger charge is 2.56. The van der Waals surface area contributed by atoms with Gasteiger partial charge in [0.05, 0.1) is 14.2 Å². The number of carbonyl (C=O) groups excluding carboxylic acids is 2. The lowest BCUT2D eigenvalue weighted by atomic mass is 9.53. The molecule has 3 aromatic rings. The Morgan fingerprint density at radius 2 is 1.67 bits per heavy atom. The molecule has 3 aromatic carbocycles. The van der Waals surface area contributed by atoms with Gasteiger partial charge in [-0.15, -0.1) is 0 Å². The zero-order chi connectivity index (χ0) is 36.3. The minimum absolute atomic E-state index is 0.0284. The van der Waals surface area contributed by atoms with E-state index in [0.29, 0.717) is 35.3 Å². The first-order valence-corrected chi connectivity index (χ1v) is 20.9. The fraction of sp³-hybridized carbons (Fsp3) is 0.488. The largest absolute Gasteiger partial charge is 0.493 e. The molecule has 0 amide bonds. The van der Waals surface area contributed by atoms with Gasteiger partial charge in [-0.05, 0) is 80.3 Å². The number of Topliss-reactive ketones (excluding diaryl/α,β-unsaturated/α-hetero) is 1. The van der Waals surface area contributed by atoms with Gasteiger partial charge in [-0.2, -0.15) is 23.5 Å². The monoisotopic (exact) mass is 743 g/mol. The molecular formula is C43H53NO6S2. The molecule has 0 N–H and O–H groups in total. The molecule has 2 bridgehead atoms. The van der Waals surface area contributed by atoms with Crippen molar-refractivity contribution in [2.75, 3.05) is 46.8 Å². The van der Waals surface area contributed by atoms with E-state index in [0.717, 1.165) is 67.9 Å². The van der Waals surface area contributed by atoms with Gasteiger partial charge >= 0.3 is 5.97 Å². The van der Waals surface area contributed by atoms with Crippen LogP contribution in [0.25, 0.3) is 0 Å². The van der Waals surface area contributed by atoms with Crippen LogP contribution in [-0.4, -0.2) is 74.7 Å². The number of hydrogen-bond acceptors (Lipinski definition) is 9. The summed E-state index contributed by atoms with van der Waals surface area (Å²) in [4.78, 5) is 28.5. The predicted octanol–water partition coefficient (Wildman–Crippen LogP) is 8.42.